The summed E-state index contributed by atoms with van der Waals surface area (Å²) in [5, 5.41) is 8.76. The van der Waals surface area contributed by atoms with Crippen molar-refractivity contribution >= 4 is 10.0 Å². The number of rotatable bonds is 4. The number of sulfonamides is 1. The lowest BCUT2D eigenvalue weighted by molar-refractivity contribution is 0.0671. The quantitative estimate of drug-likeness (QED) is 0.792. The Morgan fingerprint density at radius 3 is 2.78 bits per heavy atom. The monoisotopic (exact) mass is 276 g/mol. The lowest BCUT2D eigenvalue weighted by Gasteiger charge is -2.45. The van der Waals surface area contributed by atoms with Crippen molar-refractivity contribution in [3.8, 4) is 0 Å². The molecule has 2 fully saturated rings. The smallest absolute Gasteiger partial charge is 0.214 e. The zero-order chi connectivity index (χ0) is 13.2. The van der Waals surface area contributed by atoms with E-state index in [0.717, 1.165) is 19.4 Å². The molecule has 2 saturated heterocycles. The second-order valence-electron chi connectivity index (χ2n) is 5.49. The van der Waals surface area contributed by atoms with Crippen LogP contribution in [0.1, 0.15) is 25.7 Å². The molecule has 0 aliphatic carbocycles. The van der Waals surface area contributed by atoms with Gasteiger partial charge in [0.2, 0.25) is 10.0 Å². The maximum absolute atomic E-state index is 12.1. The van der Waals surface area contributed by atoms with Gasteiger partial charge in [-0.25, -0.2) is 12.7 Å². The minimum absolute atomic E-state index is 0.0537. The average molecular weight is 276 g/mol. The molecule has 6 heteroatoms. The number of hydrogen-bond donors (Lipinski definition) is 1. The number of aliphatic hydroxyl groups excluding tert-OH is 1. The Balaban J connectivity index is 1.98. The van der Waals surface area contributed by atoms with Gasteiger partial charge >= 0.3 is 0 Å². The highest BCUT2D eigenvalue weighted by Gasteiger charge is 2.37. The van der Waals surface area contributed by atoms with E-state index in [1.165, 1.54) is 6.42 Å². The molecule has 2 atom stereocenters. The van der Waals surface area contributed by atoms with Gasteiger partial charge in [-0.15, -0.1) is 0 Å². The maximum Gasteiger partial charge on any atom is 0.214 e. The third-order valence-corrected chi connectivity index (χ3v) is 6.19. The summed E-state index contributed by atoms with van der Waals surface area (Å²) in [5.74, 6) is 0.567. The first-order chi connectivity index (χ1) is 8.54. The fourth-order valence-electron chi connectivity index (χ4n) is 3.25. The molecule has 0 radical (unpaired) electrons. The van der Waals surface area contributed by atoms with Crippen LogP contribution in [-0.2, 0) is 10.0 Å². The Labute approximate surface area is 110 Å². The minimum atomic E-state index is -3.16. The molecule has 0 saturated carbocycles. The van der Waals surface area contributed by atoms with Crippen molar-refractivity contribution < 1.29 is 13.5 Å². The fraction of sp³-hybridized carbons (Fsp3) is 1.00. The zero-order valence-electron chi connectivity index (χ0n) is 11.1. The molecule has 2 heterocycles. The normalized spacial score (nSPS) is 31.2. The first-order valence-corrected chi connectivity index (χ1v) is 8.44. The summed E-state index contributed by atoms with van der Waals surface area (Å²) in [7, 11) is -1.01. The Hall–Kier alpha value is -0.170. The van der Waals surface area contributed by atoms with Crippen LogP contribution < -0.4 is 0 Å². The molecule has 106 valence electrons. The van der Waals surface area contributed by atoms with E-state index >= 15 is 0 Å². The highest BCUT2D eigenvalue weighted by Crippen LogP contribution is 2.30. The van der Waals surface area contributed by atoms with Gasteiger partial charge in [-0.3, -0.25) is 0 Å². The average Bonchev–Trinajstić information content (AvgIpc) is 2.36. The van der Waals surface area contributed by atoms with Crippen molar-refractivity contribution in [3.63, 3.8) is 0 Å². The molecule has 5 nitrogen and oxygen atoms in total. The van der Waals surface area contributed by atoms with Crippen molar-refractivity contribution in [1.82, 2.24) is 9.21 Å². The standard InChI is InChI=1S/C12H24N2O3S/c1-13-6-2-4-11-10-14(7-5-12(11)13)18(16,17)9-3-8-15/h11-12,15H,2-10H2,1H3. The first kappa shape index (κ1) is 14.2. The van der Waals surface area contributed by atoms with Crippen LogP contribution in [0, 0.1) is 5.92 Å². The third kappa shape index (κ3) is 3.04. The molecule has 0 amide bonds. The summed E-state index contributed by atoms with van der Waals surface area (Å²) in [6, 6.07) is 0.558. The summed E-state index contributed by atoms with van der Waals surface area (Å²) in [5.41, 5.74) is 0. The number of aliphatic hydroxyl groups is 1. The van der Waals surface area contributed by atoms with Gasteiger partial charge in [0.25, 0.3) is 0 Å². The minimum Gasteiger partial charge on any atom is -0.396 e. The zero-order valence-corrected chi connectivity index (χ0v) is 11.9. The van der Waals surface area contributed by atoms with Gasteiger partial charge in [-0.1, -0.05) is 0 Å². The van der Waals surface area contributed by atoms with E-state index in [1.54, 1.807) is 4.31 Å². The predicted molar refractivity (Wildman–Crippen MR) is 70.8 cm³/mol. The lowest BCUT2D eigenvalue weighted by Crippen LogP contribution is -2.54. The predicted octanol–water partition coefficient (Wildman–Crippen LogP) is 0.115. The van der Waals surface area contributed by atoms with Gasteiger partial charge in [0, 0.05) is 25.7 Å². The Morgan fingerprint density at radius 2 is 2.06 bits per heavy atom. The summed E-state index contributed by atoms with van der Waals surface area (Å²) in [4.78, 5) is 2.38. The molecule has 2 aliphatic heterocycles. The van der Waals surface area contributed by atoms with E-state index in [0.29, 0.717) is 31.5 Å². The number of likely N-dealkylation sites (tertiary alicyclic amines) is 1. The van der Waals surface area contributed by atoms with Gasteiger partial charge in [-0.05, 0) is 45.2 Å². The van der Waals surface area contributed by atoms with Gasteiger partial charge in [0.15, 0.2) is 0 Å². The maximum atomic E-state index is 12.1. The summed E-state index contributed by atoms with van der Waals surface area (Å²) in [6.45, 7) is 2.39. The van der Waals surface area contributed by atoms with Gasteiger partial charge in [-0.2, -0.15) is 0 Å². The lowest BCUT2D eigenvalue weighted by atomic mass is 9.85. The Kier molecular flexibility index (Phi) is 4.64. The molecule has 0 spiro atoms. The van der Waals surface area contributed by atoms with Crippen LogP contribution in [0.15, 0.2) is 0 Å². The van der Waals surface area contributed by atoms with Crippen LogP contribution in [-0.4, -0.2) is 67.8 Å². The SMILES string of the molecule is CN1CCCC2CN(S(=O)(=O)CCCO)CCC21. The highest BCUT2D eigenvalue weighted by molar-refractivity contribution is 7.89. The number of fused-ring (bicyclic) bond motifs is 1. The fourth-order valence-corrected chi connectivity index (χ4v) is 4.80. The van der Waals surface area contributed by atoms with Crippen LogP contribution >= 0.6 is 0 Å². The second kappa shape index (κ2) is 5.86. The topological polar surface area (TPSA) is 60.9 Å². The molecular formula is C12H24N2O3S. The number of hydrogen-bond acceptors (Lipinski definition) is 4. The molecule has 18 heavy (non-hydrogen) atoms. The molecule has 1 N–H and O–H groups in total. The molecule has 2 unspecified atom stereocenters. The van der Waals surface area contributed by atoms with Crippen LogP contribution in [0.2, 0.25) is 0 Å². The molecule has 2 rings (SSSR count). The van der Waals surface area contributed by atoms with Crippen LogP contribution in [0.5, 0.6) is 0 Å². The summed E-state index contributed by atoms with van der Waals surface area (Å²) in [6.07, 6.45) is 3.59. The van der Waals surface area contributed by atoms with E-state index < -0.39 is 10.0 Å². The molecule has 0 aromatic heterocycles. The number of nitrogens with zero attached hydrogens (tertiary/aromatic N) is 2. The van der Waals surface area contributed by atoms with Crippen molar-refractivity contribution in [1.29, 1.82) is 0 Å². The molecule has 0 aromatic rings. The molecule has 0 aromatic carbocycles. The van der Waals surface area contributed by atoms with Gasteiger partial charge in [0.1, 0.15) is 0 Å². The van der Waals surface area contributed by atoms with E-state index in [1.807, 2.05) is 0 Å². The first-order valence-electron chi connectivity index (χ1n) is 6.83. The van der Waals surface area contributed by atoms with Gasteiger partial charge in [0.05, 0.1) is 5.75 Å². The van der Waals surface area contributed by atoms with Crippen molar-refractivity contribution in [3.05, 3.63) is 0 Å². The second-order valence-corrected chi connectivity index (χ2v) is 7.58. The van der Waals surface area contributed by atoms with E-state index in [9.17, 15) is 8.42 Å². The summed E-state index contributed by atoms with van der Waals surface area (Å²) < 4.78 is 25.8. The van der Waals surface area contributed by atoms with E-state index in [-0.39, 0.29) is 12.4 Å². The van der Waals surface area contributed by atoms with Crippen LogP contribution in [0.25, 0.3) is 0 Å². The summed E-state index contributed by atoms with van der Waals surface area (Å²) >= 11 is 0. The van der Waals surface area contributed by atoms with E-state index in [2.05, 4.69) is 11.9 Å². The van der Waals surface area contributed by atoms with Gasteiger partial charge < -0.3 is 10.0 Å². The molecule has 0 bridgehead atoms. The number of piperidine rings is 2. The largest absolute Gasteiger partial charge is 0.396 e. The van der Waals surface area contributed by atoms with Crippen LogP contribution in [0.4, 0.5) is 0 Å². The highest BCUT2D eigenvalue weighted by atomic mass is 32.2. The van der Waals surface area contributed by atoms with E-state index in [4.69, 9.17) is 5.11 Å². The third-order valence-electron chi connectivity index (χ3n) is 4.26. The van der Waals surface area contributed by atoms with Crippen molar-refractivity contribution in [2.75, 3.05) is 39.0 Å². The molecular weight excluding hydrogens is 252 g/mol. The van der Waals surface area contributed by atoms with Crippen molar-refractivity contribution in [2.45, 2.75) is 31.7 Å². The van der Waals surface area contributed by atoms with Crippen LogP contribution in [0.3, 0.4) is 0 Å². The van der Waals surface area contributed by atoms with Crippen molar-refractivity contribution in [2.24, 2.45) is 5.92 Å². The Bertz CT molecular complexity index is 372. The Morgan fingerprint density at radius 1 is 1.28 bits per heavy atom. The molecule has 2 aliphatic rings.